The molecule has 2 amide bonds. The summed E-state index contributed by atoms with van der Waals surface area (Å²) in [5.41, 5.74) is 0. The fourth-order valence-corrected chi connectivity index (χ4v) is 2.31. The molecule has 0 radical (unpaired) electrons. The maximum absolute atomic E-state index is 12.0. The van der Waals surface area contributed by atoms with Crippen molar-refractivity contribution in [3.05, 3.63) is 0 Å². The molecule has 0 spiro atoms. The summed E-state index contributed by atoms with van der Waals surface area (Å²) < 4.78 is 5.06. The van der Waals surface area contributed by atoms with Gasteiger partial charge in [-0.3, -0.25) is 4.90 Å². The third-order valence-electron chi connectivity index (χ3n) is 3.54. The van der Waals surface area contributed by atoms with Gasteiger partial charge in [0.2, 0.25) is 0 Å². The van der Waals surface area contributed by atoms with Crippen molar-refractivity contribution in [3.63, 3.8) is 0 Å². The Hall–Kier alpha value is -0.850. The Morgan fingerprint density at radius 2 is 1.90 bits per heavy atom. The summed E-state index contributed by atoms with van der Waals surface area (Å²) in [5, 5.41) is 3.00. The molecule has 0 saturated carbocycles. The number of nitrogens with one attached hydrogen (secondary N) is 1. The van der Waals surface area contributed by atoms with Gasteiger partial charge in [0.05, 0.1) is 0 Å². The molecule has 20 heavy (non-hydrogen) atoms. The van der Waals surface area contributed by atoms with Crippen molar-refractivity contribution in [2.75, 3.05) is 73.6 Å². The molecule has 0 aromatic carbocycles. The highest BCUT2D eigenvalue weighted by atomic mass is 16.5. The van der Waals surface area contributed by atoms with Crippen molar-refractivity contribution in [3.8, 4) is 0 Å². The first-order valence-corrected chi connectivity index (χ1v) is 7.52. The maximum Gasteiger partial charge on any atom is 0.317 e. The summed E-state index contributed by atoms with van der Waals surface area (Å²) in [5.74, 6) is 0. The summed E-state index contributed by atoms with van der Waals surface area (Å²) >= 11 is 0. The van der Waals surface area contributed by atoms with Gasteiger partial charge in [-0.1, -0.05) is 0 Å². The highest BCUT2D eigenvalue weighted by Gasteiger charge is 2.20. The normalized spacial score (nSPS) is 16.7. The van der Waals surface area contributed by atoms with E-state index in [0.29, 0.717) is 0 Å². The van der Waals surface area contributed by atoms with Crippen LogP contribution < -0.4 is 5.32 Å². The molecule has 1 heterocycles. The number of rotatable bonds is 8. The first-order valence-electron chi connectivity index (χ1n) is 7.52. The molecule has 1 fully saturated rings. The first kappa shape index (κ1) is 17.2. The lowest BCUT2D eigenvalue weighted by Crippen LogP contribution is -2.52. The standard InChI is InChI=1S/C14H30N4O2/c1-16(2)7-4-6-15-14(19)18-11-9-17(10-12-18)8-5-13-20-3/h4-13H2,1-3H3,(H,15,19). The molecule has 0 atom stereocenters. The average molecular weight is 286 g/mol. The number of nitrogens with zero attached hydrogens (tertiary/aromatic N) is 3. The highest BCUT2D eigenvalue weighted by molar-refractivity contribution is 5.74. The van der Waals surface area contributed by atoms with E-state index in [9.17, 15) is 4.79 Å². The van der Waals surface area contributed by atoms with Gasteiger partial charge in [-0.25, -0.2) is 4.79 Å². The number of ether oxygens (including phenoxy) is 1. The van der Waals surface area contributed by atoms with Gasteiger partial charge in [0.25, 0.3) is 0 Å². The Kier molecular flexibility index (Phi) is 8.57. The van der Waals surface area contributed by atoms with Crippen LogP contribution in [0.15, 0.2) is 0 Å². The van der Waals surface area contributed by atoms with Crippen LogP contribution in [0.1, 0.15) is 12.8 Å². The fourth-order valence-electron chi connectivity index (χ4n) is 2.31. The molecule has 1 saturated heterocycles. The van der Waals surface area contributed by atoms with Crippen LogP contribution in [-0.2, 0) is 4.74 Å². The van der Waals surface area contributed by atoms with Gasteiger partial charge in [-0.15, -0.1) is 0 Å². The predicted octanol–water partition coefficient (Wildman–Crippen LogP) is 0.302. The van der Waals surface area contributed by atoms with E-state index in [1.54, 1.807) is 7.11 Å². The molecular weight excluding hydrogens is 256 g/mol. The second kappa shape index (κ2) is 9.96. The summed E-state index contributed by atoms with van der Waals surface area (Å²) in [6.45, 7) is 7.22. The summed E-state index contributed by atoms with van der Waals surface area (Å²) in [6.07, 6.45) is 2.06. The van der Waals surface area contributed by atoms with E-state index in [0.717, 1.165) is 65.3 Å². The minimum atomic E-state index is 0.0836. The van der Waals surface area contributed by atoms with Crippen molar-refractivity contribution in [1.82, 2.24) is 20.0 Å². The maximum atomic E-state index is 12.0. The quantitative estimate of drug-likeness (QED) is 0.652. The number of amides is 2. The van der Waals surface area contributed by atoms with Gasteiger partial charge in [-0.05, 0) is 33.5 Å². The zero-order chi connectivity index (χ0) is 14.8. The van der Waals surface area contributed by atoms with Gasteiger partial charge in [0.15, 0.2) is 0 Å². The van der Waals surface area contributed by atoms with Crippen LogP contribution in [0.5, 0.6) is 0 Å². The van der Waals surface area contributed by atoms with E-state index < -0.39 is 0 Å². The molecule has 1 rings (SSSR count). The topological polar surface area (TPSA) is 48.1 Å². The van der Waals surface area contributed by atoms with Gasteiger partial charge in [-0.2, -0.15) is 0 Å². The smallest absolute Gasteiger partial charge is 0.317 e. The minimum Gasteiger partial charge on any atom is -0.385 e. The number of hydrogen-bond donors (Lipinski definition) is 1. The van der Waals surface area contributed by atoms with Crippen LogP contribution in [0.4, 0.5) is 4.79 Å². The molecule has 1 aliphatic rings. The monoisotopic (exact) mass is 286 g/mol. The Bertz CT molecular complexity index is 266. The molecule has 0 bridgehead atoms. The van der Waals surface area contributed by atoms with E-state index in [1.807, 2.05) is 19.0 Å². The third kappa shape index (κ3) is 7.07. The molecule has 118 valence electrons. The van der Waals surface area contributed by atoms with Crippen molar-refractivity contribution in [2.24, 2.45) is 0 Å². The van der Waals surface area contributed by atoms with E-state index in [1.165, 1.54) is 0 Å². The second-order valence-corrected chi connectivity index (χ2v) is 5.56. The van der Waals surface area contributed by atoms with Crippen LogP contribution in [0.2, 0.25) is 0 Å². The SMILES string of the molecule is COCCCN1CCN(C(=O)NCCCN(C)C)CC1. The lowest BCUT2D eigenvalue weighted by molar-refractivity contribution is 0.125. The molecule has 0 unspecified atom stereocenters. The van der Waals surface area contributed by atoms with Gasteiger partial charge >= 0.3 is 6.03 Å². The second-order valence-electron chi connectivity index (χ2n) is 5.56. The van der Waals surface area contributed by atoms with Crippen LogP contribution in [0.25, 0.3) is 0 Å². The number of piperazine rings is 1. The van der Waals surface area contributed by atoms with Crippen LogP contribution >= 0.6 is 0 Å². The number of carbonyl (C=O) groups is 1. The van der Waals surface area contributed by atoms with E-state index in [-0.39, 0.29) is 6.03 Å². The largest absolute Gasteiger partial charge is 0.385 e. The Morgan fingerprint density at radius 1 is 1.20 bits per heavy atom. The Labute approximate surface area is 123 Å². The van der Waals surface area contributed by atoms with Gasteiger partial charge < -0.3 is 19.9 Å². The third-order valence-corrected chi connectivity index (χ3v) is 3.54. The van der Waals surface area contributed by atoms with E-state index in [4.69, 9.17) is 4.74 Å². The van der Waals surface area contributed by atoms with Gasteiger partial charge in [0.1, 0.15) is 0 Å². The van der Waals surface area contributed by atoms with Crippen LogP contribution in [-0.4, -0.2) is 94.4 Å². The van der Waals surface area contributed by atoms with Crippen molar-refractivity contribution in [2.45, 2.75) is 12.8 Å². The molecule has 0 aliphatic carbocycles. The Morgan fingerprint density at radius 3 is 2.50 bits per heavy atom. The van der Waals surface area contributed by atoms with E-state index >= 15 is 0 Å². The highest BCUT2D eigenvalue weighted by Crippen LogP contribution is 2.03. The van der Waals surface area contributed by atoms with Gasteiger partial charge in [0, 0.05) is 53.0 Å². The lowest BCUT2D eigenvalue weighted by atomic mass is 10.3. The first-order chi connectivity index (χ1) is 9.63. The number of hydrogen-bond acceptors (Lipinski definition) is 4. The molecule has 1 aliphatic heterocycles. The van der Waals surface area contributed by atoms with Crippen LogP contribution in [0.3, 0.4) is 0 Å². The van der Waals surface area contributed by atoms with Crippen molar-refractivity contribution in [1.29, 1.82) is 0 Å². The Balaban J connectivity index is 2.09. The number of carbonyl (C=O) groups excluding carboxylic acids is 1. The zero-order valence-corrected chi connectivity index (χ0v) is 13.2. The van der Waals surface area contributed by atoms with Crippen LogP contribution in [0, 0.1) is 0 Å². The average Bonchev–Trinajstić information content (AvgIpc) is 2.44. The fraction of sp³-hybridized carbons (Fsp3) is 0.929. The zero-order valence-electron chi connectivity index (χ0n) is 13.2. The lowest BCUT2D eigenvalue weighted by Gasteiger charge is -2.34. The molecule has 0 aromatic rings. The van der Waals surface area contributed by atoms with Crippen molar-refractivity contribution >= 4 is 6.03 Å². The molecular formula is C14H30N4O2. The summed E-state index contributed by atoms with van der Waals surface area (Å²) in [4.78, 5) is 18.4. The summed E-state index contributed by atoms with van der Waals surface area (Å²) in [6, 6.07) is 0.0836. The number of urea groups is 1. The molecule has 6 heteroatoms. The summed E-state index contributed by atoms with van der Waals surface area (Å²) in [7, 11) is 5.83. The molecule has 0 aromatic heterocycles. The minimum absolute atomic E-state index is 0.0836. The number of methoxy groups -OCH3 is 1. The molecule has 1 N–H and O–H groups in total. The molecule has 6 nitrogen and oxygen atoms in total. The van der Waals surface area contributed by atoms with Crippen molar-refractivity contribution < 1.29 is 9.53 Å². The van der Waals surface area contributed by atoms with E-state index in [2.05, 4.69) is 15.1 Å². The predicted molar refractivity (Wildman–Crippen MR) is 81.1 cm³/mol.